The first-order valence-corrected chi connectivity index (χ1v) is 6.63. The average molecular weight is 238 g/mol. The van der Waals surface area contributed by atoms with Gasteiger partial charge in [0.2, 0.25) is 0 Å². The van der Waals surface area contributed by atoms with Crippen LogP contribution in [0.1, 0.15) is 12.8 Å². The highest BCUT2D eigenvalue weighted by Gasteiger charge is 2.41. The second kappa shape index (κ2) is 4.45. The summed E-state index contributed by atoms with van der Waals surface area (Å²) in [5.41, 5.74) is 7.57. The van der Waals surface area contributed by atoms with Crippen molar-refractivity contribution in [1.29, 1.82) is 0 Å². The van der Waals surface area contributed by atoms with Crippen molar-refractivity contribution >= 4 is 23.1 Å². The highest BCUT2D eigenvalue weighted by Crippen LogP contribution is 2.47. The van der Waals surface area contributed by atoms with E-state index in [0.717, 1.165) is 23.7 Å². The number of anilines is 2. The number of hydrogen-bond donors (Lipinski definition) is 2. The van der Waals surface area contributed by atoms with Crippen molar-refractivity contribution in [3.05, 3.63) is 18.2 Å². The largest absolute Gasteiger partial charge is 0.497 e. The van der Waals surface area contributed by atoms with Crippen LogP contribution in [-0.2, 0) is 0 Å². The molecule has 1 aliphatic rings. The van der Waals surface area contributed by atoms with Gasteiger partial charge in [0.25, 0.3) is 0 Å². The summed E-state index contributed by atoms with van der Waals surface area (Å²) in [4.78, 5) is 0. The molecule has 0 amide bonds. The Morgan fingerprint density at radius 1 is 1.44 bits per heavy atom. The van der Waals surface area contributed by atoms with E-state index >= 15 is 0 Å². The first-order chi connectivity index (χ1) is 7.67. The van der Waals surface area contributed by atoms with Gasteiger partial charge in [-0.05, 0) is 25.2 Å². The molecule has 1 aromatic carbocycles. The predicted octanol–water partition coefficient (Wildman–Crippen LogP) is 2.58. The monoisotopic (exact) mass is 238 g/mol. The lowest BCUT2D eigenvalue weighted by molar-refractivity contribution is 0.415. The van der Waals surface area contributed by atoms with Gasteiger partial charge in [0, 0.05) is 34.8 Å². The Hall–Kier alpha value is -1.03. The van der Waals surface area contributed by atoms with Crippen molar-refractivity contribution in [3.8, 4) is 5.75 Å². The Morgan fingerprint density at radius 2 is 2.19 bits per heavy atom. The number of nitrogen functional groups attached to an aromatic ring is 1. The zero-order valence-corrected chi connectivity index (χ0v) is 10.6. The van der Waals surface area contributed by atoms with Crippen molar-refractivity contribution < 1.29 is 4.74 Å². The van der Waals surface area contributed by atoms with E-state index in [-0.39, 0.29) is 0 Å². The van der Waals surface area contributed by atoms with E-state index in [1.165, 1.54) is 12.8 Å². The van der Waals surface area contributed by atoms with E-state index in [9.17, 15) is 0 Å². The molecular weight excluding hydrogens is 220 g/mol. The van der Waals surface area contributed by atoms with E-state index in [0.29, 0.717) is 4.75 Å². The molecule has 1 aliphatic carbocycles. The minimum absolute atomic E-state index is 0.456. The fraction of sp³-hybridized carbons (Fsp3) is 0.500. The lowest BCUT2D eigenvalue weighted by Gasteiger charge is -2.15. The van der Waals surface area contributed by atoms with Crippen LogP contribution in [-0.4, -0.2) is 24.7 Å². The van der Waals surface area contributed by atoms with Crippen LogP contribution < -0.4 is 15.8 Å². The molecule has 1 aromatic rings. The van der Waals surface area contributed by atoms with E-state index in [1.54, 1.807) is 7.11 Å². The molecule has 1 fully saturated rings. The lowest BCUT2D eigenvalue weighted by atomic mass is 10.2. The third kappa shape index (κ3) is 2.55. The third-order valence-corrected chi connectivity index (χ3v) is 4.44. The summed E-state index contributed by atoms with van der Waals surface area (Å²) >= 11 is 1.95. The molecule has 0 unspecified atom stereocenters. The van der Waals surface area contributed by atoms with Crippen LogP contribution in [0.2, 0.25) is 0 Å². The Morgan fingerprint density at radius 3 is 2.75 bits per heavy atom. The molecule has 0 spiro atoms. The van der Waals surface area contributed by atoms with Crippen LogP contribution in [0, 0.1) is 0 Å². The van der Waals surface area contributed by atoms with Gasteiger partial charge < -0.3 is 15.8 Å². The van der Waals surface area contributed by atoms with Gasteiger partial charge >= 0.3 is 0 Å². The molecule has 2 rings (SSSR count). The smallest absolute Gasteiger partial charge is 0.122 e. The van der Waals surface area contributed by atoms with Gasteiger partial charge in [-0.25, -0.2) is 0 Å². The number of hydrogen-bond acceptors (Lipinski definition) is 4. The van der Waals surface area contributed by atoms with E-state index in [2.05, 4.69) is 11.6 Å². The van der Waals surface area contributed by atoms with Gasteiger partial charge in [-0.3, -0.25) is 0 Å². The second-order valence-corrected chi connectivity index (χ2v) is 5.51. The molecule has 4 heteroatoms. The number of rotatable bonds is 5. The standard InChI is InChI=1S/C12H18N2OS/c1-15-11-6-9(13)5-10(7-11)14-8-12(16-2)3-4-12/h5-7,14H,3-4,8,13H2,1-2H3. The number of benzene rings is 1. The average Bonchev–Trinajstić information content (AvgIpc) is 3.06. The maximum atomic E-state index is 5.80. The van der Waals surface area contributed by atoms with Gasteiger partial charge in [0.1, 0.15) is 5.75 Å². The summed E-state index contributed by atoms with van der Waals surface area (Å²) in [6.07, 6.45) is 4.79. The van der Waals surface area contributed by atoms with Gasteiger partial charge in [0.05, 0.1) is 7.11 Å². The summed E-state index contributed by atoms with van der Waals surface area (Å²) in [5.74, 6) is 0.802. The Balaban J connectivity index is 2.01. The van der Waals surface area contributed by atoms with Crippen molar-refractivity contribution in [3.63, 3.8) is 0 Å². The maximum Gasteiger partial charge on any atom is 0.122 e. The molecule has 3 nitrogen and oxygen atoms in total. The molecule has 0 heterocycles. The molecule has 16 heavy (non-hydrogen) atoms. The molecule has 0 atom stereocenters. The second-order valence-electron chi connectivity index (χ2n) is 4.24. The summed E-state index contributed by atoms with van der Waals surface area (Å²) < 4.78 is 5.64. The summed E-state index contributed by atoms with van der Waals surface area (Å²) in [5, 5.41) is 3.43. The third-order valence-electron chi connectivity index (χ3n) is 3.02. The first kappa shape index (κ1) is 11.5. The molecule has 0 radical (unpaired) electrons. The Bertz CT molecular complexity index is 377. The minimum atomic E-state index is 0.456. The van der Waals surface area contributed by atoms with Crippen LogP contribution >= 0.6 is 11.8 Å². The highest BCUT2D eigenvalue weighted by molar-refractivity contribution is 8.00. The fourth-order valence-electron chi connectivity index (χ4n) is 1.70. The van der Waals surface area contributed by atoms with Gasteiger partial charge in [-0.2, -0.15) is 11.8 Å². The zero-order valence-electron chi connectivity index (χ0n) is 9.75. The van der Waals surface area contributed by atoms with E-state index in [1.807, 2.05) is 30.0 Å². The van der Waals surface area contributed by atoms with Crippen LogP contribution in [0.15, 0.2) is 18.2 Å². The van der Waals surface area contributed by atoms with Crippen molar-refractivity contribution in [2.24, 2.45) is 0 Å². The zero-order chi connectivity index (χ0) is 11.6. The number of ether oxygens (including phenoxy) is 1. The summed E-state index contributed by atoms with van der Waals surface area (Å²) in [6, 6.07) is 5.75. The number of nitrogens with two attached hydrogens (primary N) is 1. The normalized spacial score (nSPS) is 16.9. The molecule has 88 valence electrons. The van der Waals surface area contributed by atoms with Crippen LogP contribution in [0.4, 0.5) is 11.4 Å². The maximum absolute atomic E-state index is 5.80. The molecule has 3 N–H and O–H groups in total. The van der Waals surface area contributed by atoms with Crippen LogP contribution in [0.25, 0.3) is 0 Å². The minimum Gasteiger partial charge on any atom is -0.497 e. The van der Waals surface area contributed by atoms with E-state index < -0.39 is 0 Å². The summed E-state index contributed by atoms with van der Waals surface area (Å²) in [6.45, 7) is 1.00. The lowest BCUT2D eigenvalue weighted by Crippen LogP contribution is -2.17. The number of thioether (sulfide) groups is 1. The van der Waals surface area contributed by atoms with Gasteiger partial charge in [0.15, 0.2) is 0 Å². The molecular formula is C12H18N2OS. The van der Waals surface area contributed by atoms with E-state index in [4.69, 9.17) is 10.5 Å². The molecule has 0 saturated heterocycles. The Kier molecular flexibility index (Phi) is 3.19. The van der Waals surface area contributed by atoms with Gasteiger partial charge in [-0.1, -0.05) is 0 Å². The molecule has 0 aromatic heterocycles. The Labute approximate surface area is 101 Å². The topological polar surface area (TPSA) is 47.3 Å². The summed E-state index contributed by atoms with van der Waals surface area (Å²) in [7, 11) is 1.66. The van der Waals surface area contributed by atoms with Crippen molar-refractivity contribution in [2.45, 2.75) is 17.6 Å². The van der Waals surface area contributed by atoms with Gasteiger partial charge in [-0.15, -0.1) is 0 Å². The van der Waals surface area contributed by atoms with Crippen molar-refractivity contribution in [2.75, 3.05) is 31.0 Å². The van der Waals surface area contributed by atoms with Crippen LogP contribution in [0.3, 0.4) is 0 Å². The predicted molar refractivity (Wildman–Crippen MR) is 71.4 cm³/mol. The highest BCUT2D eigenvalue weighted by atomic mass is 32.2. The quantitative estimate of drug-likeness (QED) is 0.774. The SMILES string of the molecule is COc1cc(N)cc(NCC2(SC)CC2)c1. The van der Waals surface area contributed by atoms with Crippen molar-refractivity contribution in [1.82, 2.24) is 0 Å². The first-order valence-electron chi connectivity index (χ1n) is 5.41. The number of methoxy groups -OCH3 is 1. The molecule has 0 bridgehead atoms. The van der Waals surface area contributed by atoms with Crippen LogP contribution in [0.5, 0.6) is 5.75 Å². The fourth-order valence-corrected chi connectivity index (χ4v) is 2.42. The number of nitrogens with one attached hydrogen (secondary N) is 1. The molecule has 0 aliphatic heterocycles. The molecule has 1 saturated carbocycles.